The Bertz CT molecular complexity index is 521. The molecule has 0 saturated heterocycles. The summed E-state index contributed by atoms with van der Waals surface area (Å²) in [6.07, 6.45) is 2.10. The molecule has 0 unspecified atom stereocenters. The first-order valence-corrected chi connectivity index (χ1v) is 5.16. The Morgan fingerprint density at radius 2 is 1.69 bits per heavy atom. The smallest absolute Gasteiger partial charge is 0.190 e. The second kappa shape index (κ2) is 3.89. The summed E-state index contributed by atoms with van der Waals surface area (Å²) in [7, 11) is 0. The van der Waals surface area contributed by atoms with E-state index in [1.807, 2.05) is 0 Å². The van der Waals surface area contributed by atoms with E-state index >= 15 is 0 Å². The van der Waals surface area contributed by atoms with Crippen molar-refractivity contribution in [3.8, 4) is 0 Å². The maximum atomic E-state index is 12.1. The van der Waals surface area contributed by atoms with Gasteiger partial charge in [-0.3, -0.25) is 9.59 Å². The molecule has 16 heavy (non-hydrogen) atoms. The first-order chi connectivity index (χ1) is 7.66. The molecule has 0 fully saturated rings. The molecule has 1 aliphatic rings. The number of benzene rings is 1. The van der Waals surface area contributed by atoms with Crippen LogP contribution in [0.4, 0.5) is 0 Å². The molecule has 2 nitrogen and oxygen atoms in total. The van der Waals surface area contributed by atoms with Gasteiger partial charge in [0.15, 0.2) is 11.6 Å². The van der Waals surface area contributed by atoms with Crippen LogP contribution in [-0.2, 0) is 0 Å². The van der Waals surface area contributed by atoms with Crippen molar-refractivity contribution in [2.75, 3.05) is 0 Å². The minimum absolute atomic E-state index is 0.0485. The van der Waals surface area contributed by atoms with Crippen molar-refractivity contribution in [1.82, 2.24) is 0 Å². The maximum Gasteiger partial charge on any atom is 0.190 e. The molecule has 0 amide bonds. The number of hydrogen-bond acceptors (Lipinski definition) is 2. The first kappa shape index (κ1) is 10.6. The molecule has 0 heterocycles. The van der Waals surface area contributed by atoms with Gasteiger partial charge in [0.1, 0.15) is 0 Å². The van der Waals surface area contributed by atoms with Gasteiger partial charge in [-0.2, -0.15) is 0 Å². The average molecular weight is 212 g/mol. The summed E-state index contributed by atoms with van der Waals surface area (Å²) in [6.45, 7) is 5.31. The van der Waals surface area contributed by atoms with Crippen molar-refractivity contribution >= 4 is 11.6 Å². The zero-order chi connectivity index (χ0) is 11.7. The molecule has 1 aliphatic carbocycles. The SMILES string of the molecule is C=CCC1=C(C)C(=O)c2ccccc2C1=O. The molecule has 2 rings (SSSR count). The van der Waals surface area contributed by atoms with Crippen molar-refractivity contribution in [2.45, 2.75) is 13.3 Å². The lowest BCUT2D eigenvalue weighted by Gasteiger charge is -2.17. The fraction of sp³-hybridized carbons (Fsp3) is 0.143. The minimum Gasteiger partial charge on any atom is -0.289 e. The van der Waals surface area contributed by atoms with Gasteiger partial charge in [-0.05, 0) is 13.3 Å². The van der Waals surface area contributed by atoms with Crippen molar-refractivity contribution in [1.29, 1.82) is 0 Å². The quantitative estimate of drug-likeness (QED) is 0.706. The molecular formula is C14H12O2. The lowest BCUT2D eigenvalue weighted by atomic mass is 9.83. The molecule has 0 atom stereocenters. The second-order valence-electron chi connectivity index (χ2n) is 3.80. The van der Waals surface area contributed by atoms with Crippen LogP contribution in [0.15, 0.2) is 48.1 Å². The lowest BCUT2D eigenvalue weighted by molar-refractivity contribution is 0.0973. The van der Waals surface area contributed by atoms with Gasteiger partial charge in [0.2, 0.25) is 0 Å². The molecule has 1 aromatic rings. The zero-order valence-electron chi connectivity index (χ0n) is 9.12. The highest BCUT2D eigenvalue weighted by Crippen LogP contribution is 2.27. The van der Waals surface area contributed by atoms with E-state index in [9.17, 15) is 9.59 Å². The number of fused-ring (bicyclic) bond motifs is 1. The van der Waals surface area contributed by atoms with Crippen molar-refractivity contribution < 1.29 is 9.59 Å². The number of carbonyl (C=O) groups is 2. The largest absolute Gasteiger partial charge is 0.289 e. The highest BCUT2D eigenvalue weighted by Gasteiger charge is 2.28. The summed E-state index contributed by atoms with van der Waals surface area (Å²) in [6, 6.07) is 6.95. The molecule has 2 heteroatoms. The number of carbonyl (C=O) groups excluding carboxylic acids is 2. The Balaban J connectivity index is 2.63. The Kier molecular flexibility index (Phi) is 2.57. The molecule has 0 radical (unpaired) electrons. The highest BCUT2D eigenvalue weighted by atomic mass is 16.1. The molecule has 0 aromatic heterocycles. The van der Waals surface area contributed by atoms with Crippen LogP contribution in [0.1, 0.15) is 34.1 Å². The minimum atomic E-state index is -0.0490. The van der Waals surface area contributed by atoms with Crippen LogP contribution in [0.25, 0.3) is 0 Å². The van der Waals surface area contributed by atoms with Gasteiger partial charge < -0.3 is 0 Å². The summed E-state index contributed by atoms with van der Waals surface area (Å²) in [4.78, 5) is 24.1. The van der Waals surface area contributed by atoms with E-state index in [0.717, 1.165) is 0 Å². The summed E-state index contributed by atoms with van der Waals surface area (Å²) >= 11 is 0. The van der Waals surface area contributed by atoms with Crippen LogP contribution in [0, 0.1) is 0 Å². The third-order valence-electron chi connectivity index (χ3n) is 2.83. The number of Topliss-reactive ketones (excluding diaryl/α,β-unsaturated/α-hetero) is 2. The van der Waals surface area contributed by atoms with Crippen molar-refractivity contribution in [3.05, 3.63) is 59.2 Å². The topological polar surface area (TPSA) is 34.1 Å². The molecular weight excluding hydrogens is 200 g/mol. The molecule has 1 aromatic carbocycles. The number of ketones is 2. The monoisotopic (exact) mass is 212 g/mol. The number of allylic oxidation sites excluding steroid dienone is 3. The zero-order valence-corrected chi connectivity index (χ0v) is 9.12. The van der Waals surface area contributed by atoms with Crippen LogP contribution < -0.4 is 0 Å². The summed E-state index contributed by atoms with van der Waals surface area (Å²) in [5, 5.41) is 0. The van der Waals surface area contributed by atoms with E-state index in [-0.39, 0.29) is 11.6 Å². The van der Waals surface area contributed by atoms with Gasteiger partial charge in [-0.15, -0.1) is 6.58 Å². The molecule has 80 valence electrons. The lowest BCUT2D eigenvalue weighted by Crippen LogP contribution is -2.20. The molecule has 0 saturated carbocycles. The fourth-order valence-electron chi connectivity index (χ4n) is 1.94. The van der Waals surface area contributed by atoms with Crippen LogP contribution in [0.3, 0.4) is 0 Å². The van der Waals surface area contributed by atoms with Gasteiger partial charge in [0.05, 0.1) is 0 Å². The Morgan fingerprint density at radius 3 is 2.25 bits per heavy atom. The summed E-state index contributed by atoms with van der Waals surface area (Å²) in [5.41, 5.74) is 2.13. The molecule has 0 N–H and O–H groups in total. The fourth-order valence-corrected chi connectivity index (χ4v) is 1.94. The van der Waals surface area contributed by atoms with Crippen molar-refractivity contribution in [2.24, 2.45) is 0 Å². The third-order valence-corrected chi connectivity index (χ3v) is 2.83. The maximum absolute atomic E-state index is 12.1. The predicted octanol–water partition coefficient (Wildman–Crippen LogP) is 2.96. The first-order valence-electron chi connectivity index (χ1n) is 5.16. The van der Waals surface area contributed by atoms with E-state index in [0.29, 0.717) is 28.7 Å². The van der Waals surface area contributed by atoms with Gasteiger partial charge in [0.25, 0.3) is 0 Å². The van der Waals surface area contributed by atoms with Gasteiger partial charge >= 0.3 is 0 Å². The van der Waals surface area contributed by atoms with Crippen LogP contribution in [0.5, 0.6) is 0 Å². The van der Waals surface area contributed by atoms with Crippen LogP contribution >= 0.6 is 0 Å². The van der Waals surface area contributed by atoms with Crippen LogP contribution in [0.2, 0.25) is 0 Å². The van der Waals surface area contributed by atoms with Gasteiger partial charge in [0, 0.05) is 22.3 Å². The highest BCUT2D eigenvalue weighted by molar-refractivity contribution is 6.26. The van der Waals surface area contributed by atoms with E-state index < -0.39 is 0 Å². The Hall–Kier alpha value is -1.96. The van der Waals surface area contributed by atoms with E-state index in [1.54, 1.807) is 37.3 Å². The van der Waals surface area contributed by atoms with Gasteiger partial charge in [-0.1, -0.05) is 30.3 Å². The average Bonchev–Trinajstić information content (AvgIpc) is 2.32. The molecule has 0 bridgehead atoms. The van der Waals surface area contributed by atoms with E-state index in [2.05, 4.69) is 6.58 Å². The summed E-state index contributed by atoms with van der Waals surface area (Å²) < 4.78 is 0. The number of rotatable bonds is 2. The second-order valence-corrected chi connectivity index (χ2v) is 3.80. The summed E-state index contributed by atoms with van der Waals surface area (Å²) in [5.74, 6) is -0.0975. The number of hydrogen-bond donors (Lipinski definition) is 0. The van der Waals surface area contributed by atoms with Crippen molar-refractivity contribution in [3.63, 3.8) is 0 Å². The Morgan fingerprint density at radius 1 is 1.12 bits per heavy atom. The van der Waals surface area contributed by atoms with E-state index in [1.165, 1.54) is 0 Å². The predicted molar refractivity (Wildman–Crippen MR) is 62.6 cm³/mol. The van der Waals surface area contributed by atoms with Gasteiger partial charge in [-0.25, -0.2) is 0 Å². The van der Waals surface area contributed by atoms with E-state index in [4.69, 9.17) is 0 Å². The molecule has 0 aliphatic heterocycles. The third kappa shape index (κ3) is 1.43. The van der Waals surface area contributed by atoms with Crippen LogP contribution in [-0.4, -0.2) is 11.6 Å². The Labute approximate surface area is 94.3 Å². The molecule has 0 spiro atoms. The normalized spacial score (nSPS) is 15.1. The standard InChI is InChI=1S/C14H12O2/c1-3-6-10-9(2)13(15)11-7-4-5-8-12(11)14(10)16/h3-5,7-8H,1,6H2,2H3.